The molecule has 1 aliphatic rings. The fourth-order valence-electron chi connectivity index (χ4n) is 1.94. The van der Waals surface area contributed by atoms with Crippen LogP contribution in [0, 0.1) is 10.8 Å². The zero-order valence-corrected chi connectivity index (χ0v) is 17.4. The number of hydrogen-bond acceptors (Lipinski definition) is 9. The van der Waals surface area contributed by atoms with Crippen molar-refractivity contribution < 1.29 is 42.0 Å². The highest BCUT2D eigenvalue weighted by atomic mass is 31.2. The van der Waals surface area contributed by atoms with Gasteiger partial charge in [0.05, 0.1) is 25.6 Å². The first kappa shape index (κ1) is 23.6. The fraction of sp³-hybridized carbons (Fsp3) is 0.812. The van der Waals surface area contributed by atoms with Crippen molar-refractivity contribution in [3.63, 3.8) is 0 Å². The summed E-state index contributed by atoms with van der Waals surface area (Å²) in [6.45, 7) is 7.68. The van der Waals surface area contributed by atoms with Gasteiger partial charge in [0, 0.05) is 12.0 Å². The lowest BCUT2D eigenvalue weighted by molar-refractivity contribution is -0.163. The number of phosphoric ester groups is 1. The number of nitrogens with one attached hydrogen (secondary N) is 1. The van der Waals surface area contributed by atoms with Crippen molar-refractivity contribution in [1.29, 1.82) is 0 Å². The maximum atomic E-state index is 12.6. The summed E-state index contributed by atoms with van der Waals surface area (Å²) in [6.07, 6.45) is -1.16. The van der Waals surface area contributed by atoms with Gasteiger partial charge in [0.2, 0.25) is 12.7 Å². The van der Waals surface area contributed by atoms with E-state index in [1.807, 2.05) is 0 Å². The molecule has 0 saturated carbocycles. The van der Waals surface area contributed by atoms with E-state index in [-0.39, 0.29) is 19.6 Å². The van der Waals surface area contributed by atoms with Crippen LogP contribution in [0.2, 0.25) is 0 Å². The van der Waals surface area contributed by atoms with Gasteiger partial charge in [-0.15, -0.1) is 0 Å². The highest BCUT2D eigenvalue weighted by Crippen LogP contribution is 2.57. The summed E-state index contributed by atoms with van der Waals surface area (Å²) in [5.41, 5.74) is -1.55. The predicted octanol–water partition coefficient (Wildman–Crippen LogP) is 1.78. The molecule has 0 aromatic rings. The van der Waals surface area contributed by atoms with E-state index in [4.69, 9.17) is 18.3 Å². The molecule has 0 aromatic carbocycles. The largest absolute Gasteiger partial charge is 0.478 e. The summed E-state index contributed by atoms with van der Waals surface area (Å²) in [4.78, 5) is 35.2. The molecular formula is C16H28NO9P. The Labute approximate surface area is 158 Å². The Balaban J connectivity index is 2.65. The van der Waals surface area contributed by atoms with Crippen LogP contribution in [-0.4, -0.2) is 51.0 Å². The Bertz CT molecular complexity index is 612. The minimum Gasteiger partial charge on any atom is -0.469 e. The summed E-state index contributed by atoms with van der Waals surface area (Å²) < 4.78 is 37.4. The Morgan fingerprint density at radius 2 is 1.89 bits per heavy atom. The number of methoxy groups -OCH3 is 1. The number of carbonyl (C=O) groups is 3. The van der Waals surface area contributed by atoms with Gasteiger partial charge in [-0.1, -0.05) is 13.8 Å². The first-order valence-electron chi connectivity index (χ1n) is 8.40. The molecule has 10 nitrogen and oxygen atoms in total. The molecule has 1 fully saturated rings. The van der Waals surface area contributed by atoms with Crippen molar-refractivity contribution in [3.8, 4) is 0 Å². The van der Waals surface area contributed by atoms with E-state index in [9.17, 15) is 18.9 Å². The monoisotopic (exact) mass is 413 g/mol. The molecular weight excluding hydrogens is 385 g/mol. The van der Waals surface area contributed by atoms with Crippen LogP contribution < -0.4 is 5.32 Å². The zero-order chi connectivity index (χ0) is 20.9. The maximum absolute atomic E-state index is 12.6. The average Bonchev–Trinajstić information content (AvgIpc) is 2.56. The third kappa shape index (κ3) is 7.21. The molecule has 1 heterocycles. The average molecular weight is 413 g/mol. The zero-order valence-electron chi connectivity index (χ0n) is 16.5. The van der Waals surface area contributed by atoms with Crippen LogP contribution in [0.3, 0.4) is 0 Å². The molecule has 1 rings (SSSR count). The summed E-state index contributed by atoms with van der Waals surface area (Å²) >= 11 is 0. The second kappa shape index (κ2) is 9.14. The normalized spacial score (nSPS) is 24.7. The highest BCUT2D eigenvalue weighted by Gasteiger charge is 2.49. The molecule has 0 aromatic heterocycles. The standard InChI is InChI=1S/C16H28NO9P/c1-15(2,3)14(20)23-10-25-27(21)24-9-16(4,5)12(26-27)13(19)17-8-7-11(18)22-6/h12H,7-10H2,1-6H3,(H,17,19)/t12-,27?/m0/s1/i7+1,8+1,11+1,17+1. The highest BCUT2D eigenvalue weighted by molar-refractivity contribution is 7.48. The minimum absolute atomic E-state index is 0.0111. The topological polar surface area (TPSA) is 126 Å². The number of amides is 1. The van der Waals surface area contributed by atoms with Gasteiger partial charge in [-0.3, -0.25) is 23.4 Å². The third-order valence-electron chi connectivity index (χ3n) is 3.65. The first-order chi connectivity index (χ1) is 12.3. The summed E-state index contributed by atoms with van der Waals surface area (Å²) in [7, 11) is -2.85. The van der Waals surface area contributed by atoms with Crippen molar-refractivity contribution in [1.82, 2.24) is 5.32 Å². The van der Waals surface area contributed by atoms with Crippen LogP contribution in [-0.2, 0) is 42.0 Å². The lowest BCUT2D eigenvalue weighted by Gasteiger charge is -2.39. The number of carbonyl (C=O) groups excluding carboxylic acids is 3. The van der Waals surface area contributed by atoms with Gasteiger partial charge in [-0.05, 0) is 20.8 Å². The van der Waals surface area contributed by atoms with Crippen LogP contribution in [0.25, 0.3) is 0 Å². The van der Waals surface area contributed by atoms with Gasteiger partial charge < -0.3 is 14.8 Å². The SMILES string of the molecule is CO[13C](=O)[13CH2][13CH2][15NH]C(=O)[C@@H]1OP(=O)(OCOC(=O)C(C)(C)C)OCC1(C)C. The molecule has 0 radical (unpaired) electrons. The Kier molecular flexibility index (Phi) is 7.98. The van der Waals surface area contributed by atoms with Crippen LogP contribution >= 0.6 is 7.82 Å². The van der Waals surface area contributed by atoms with E-state index in [0.717, 1.165) is 0 Å². The fourth-order valence-corrected chi connectivity index (χ4v) is 3.45. The number of ether oxygens (including phenoxy) is 2. The molecule has 1 aliphatic heterocycles. The van der Waals surface area contributed by atoms with E-state index in [2.05, 4.69) is 10.1 Å². The van der Waals surface area contributed by atoms with Crippen molar-refractivity contribution >= 4 is 25.7 Å². The lowest BCUT2D eigenvalue weighted by atomic mass is 9.87. The van der Waals surface area contributed by atoms with Gasteiger partial charge in [-0.25, -0.2) is 9.09 Å². The van der Waals surface area contributed by atoms with E-state index in [1.165, 1.54) is 7.11 Å². The molecule has 156 valence electrons. The molecule has 1 saturated heterocycles. The van der Waals surface area contributed by atoms with Gasteiger partial charge in [-0.2, -0.15) is 0 Å². The van der Waals surface area contributed by atoms with Crippen LogP contribution in [0.1, 0.15) is 41.0 Å². The number of phosphoric acid groups is 1. The lowest BCUT2D eigenvalue weighted by Crippen LogP contribution is -2.50. The maximum Gasteiger partial charge on any atom is 0.478 e. The summed E-state index contributed by atoms with van der Waals surface area (Å²) in [6, 6.07) is 0. The molecule has 1 amide bonds. The van der Waals surface area contributed by atoms with Gasteiger partial charge >= 0.3 is 19.8 Å². The second-order valence-corrected chi connectivity index (χ2v) is 9.36. The van der Waals surface area contributed by atoms with Crippen molar-refractivity contribution in [2.45, 2.75) is 47.1 Å². The second-order valence-electron chi connectivity index (χ2n) is 7.74. The first-order valence-corrected chi connectivity index (χ1v) is 9.86. The minimum atomic E-state index is -4.10. The van der Waals surface area contributed by atoms with Crippen LogP contribution in [0.15, 0.2) is 0 Å². The Morgan fingerprint density at radius 1 is 1.26 bits per heavy atom. The third-order valence-corrected chi connectivity index (χ3v) is 4.98. The molecule has 2 atom stereocenters. The summed E-state index contributed by atoms with van der Waals surface area (Å²) in [5, 5.41) is 2.52. The molecule has 0 aliphatic carbocycles. The van der Waals surface area contributed by atoms with E-state index >= 15 is 0 Å². The van der Waals surface area contributed by atoms with E-state index in [0.29, 0.717) is 0 Å². The predicted molar refractivity (Wildman–Crippen MR) is 93.4 cm³/mol. The van der Waals surface area contributed by atoms with Crippen molar-refractivity contribution in [2.75, 3.05) is 27.1 Å². The Morgan fingerprint density at radius 3 is 2.44 bits per heavy atom. The summed E-state index contributed by atoms with van der Waals surface area (Å²) in [5.74, 6) is -1.59. The van der Waals surface area contributed by atoms with Crippen LogP contribution in [0.5, 0.6) is 0 Å². The number of hydrogen-bond donors (Lipinski definition) is 1. The number of esters is 2. The smallest absolute Gasteiger partial charge is 0.469 e. The molecule has 0 spiro atoms. The van der Waals surface area contributed by atoms with Gasteiger partial charge in [0.15, 0.2) is 6.10 Å². The van der Waals surface area contributed by atoms with Gasteiger partial charge in [0.1, 0.15) is 0 Å². The molecule has 27 heavy (non-hydrogen) atoms. The quantitative estimate of drug-likeness (QED) is 0.218. The molecule has 0 bridgehead atoms. The van der Waals surface area contributed by atoms with E-state index in [1.54, 1.807) is 34.6 Å². The van der Waals surface area contributed by atoms with Crippen LogP contribution in [0.4, 0.5) is 0 Å². The Hall–Kier alpha value is -1.48. The van der Waals surface area contributed by atoms with E-state index < -0.39 is 49.4 Å². The molecule has 11 heteroatoms. The van der Waals surface area contributed by atoms with Crippen molar-refractivity contribution in [2.24, 2.45) is 10.8 Å². The molecule has 1 N–H and O–H groups in total. The number of rotatable bonds is 7. The van der Waals surface area contributed by atoms with Crippen molar-refractivity contribution in [3.05, 3.63) is 0 Å². The van der Waals surface area contributed by atoms with Gasteiger partial charge in [0.25, 0.3) is 0 Å². The molecule has 1 unspecified atom stereocenters.